The third-order valence-electron chi connectivity index (χ3n) is 2.53. The zero-order chi connectivity index (χ0) is 13.8. The third kappa shape index (κ3) is 3.51. The molecule has 19 heavy (non-hydrogen) atoms. The number of amides is 1. The summed E-state index contributed by atoms with van der Waals surface area (Å²) in [7, 11) is 0. The van der Waals surface area contributed by atoms with Crippen LogP contribution in [0.1, 0.15) is 27.6 Å². The lowest BCUT2D eigenvalue weighted by Gasteiger charge is -2.05. The summed E-state index contributed by atoms with van der Waals surface area (Å²) in [6.45, 7) is 3.87. The van der Waals surface area contributed by atoms with E-state index in [2.05, 4.69) is 10.3 Å². The Morgan fingerprint density at radius 2 is 2.11 bits per heavy atom. The van der Waals surface area contributed by atoms with Gasteiger partial charge in [-0.3, -0.25) is 14.6 Å². The number of hydrogen-bond donors (Lipinski definition) is 1. The molecule has 5 nitrogen and oxygen atoms in total. The lowest BCUT2D eigenvalue weighted by atomic mass is 10.2. The van der Waals surface area contributed by atoms with Crippen molar-refractivity contribution < 1.29 is 9.21 Å². The van der Waals surface area contributed by atoms with Crippen LogP contribution in [-0.4, -0.2) is 10.9 Å². The van der Waals surface area contributed by atoms with Crippen LogP contribution < -0.4 is 10.7 Å². The smallest absolute Gasteiger partial charge is 0.287 e. The molecule has 1 N–H and O–H groups in total. The highest BCUT2D eigenvalue weighted by atomic mass is 16.3. The molecule has 0 bridgehead atoms. The molecular formula is C14H14N2O3. The molecule has 2 heterocycles. The molecule has 0 spiro atoms. The third-order valence-corrected chi connectivity index (χ3v) is 2.53. The fourth-order valence-corrected chi connectivity index (χ4v) is 1.70. The first kappa shape index (κ1) is 13.0. The highest BCUT2D eigenvalue weighted by Gasteiger charge is 2.09. The Bertz CT molecular complexity index is 662. The van der Waals surface area contributed by atoms with Crippen LogP contribution in [0.2, 0.25) is 0 Å². The van der Waals surface area contributed by atoms with E-state index < -0.39 is 5.91 Å². The molecule has 2 aromatic heterocycles. The number of hydrogen-bond acceptors (Lipinski definition) is 4. The molecule has 2 aromatic rings. The van der Waals surface area contributed by atoms with Crippen LogP contribution in [0.15, 0.2) is 39.7 Å². The summed E-state index contributed by atoms with van der Waals surface area (Å²) in [6, 6.07) is 6.22. The van der Waals surface area contributed by atoms with Gasteiger partial charge in [0.15, 0.2) is 11.2 Å². The molecule has 0 aliphatic rings. The predicted molar refractivity (Wildman–Crippen MR) is 69.9 cm³/mol. The van der Waals surface area contributed by atoms with Crippen molar-refractivity contribution >= 4 is 5.91 Å². The minimum atomic E-state index is -0.407. The normalized spacial score (nSPS) is 10.2. The van der Waals surface area contributed by atoms with Gasteiger partial charge in [0.25, 0.3) is 5.91 Å². The summed E-state index contributed by atoms with van der Waals surface area (Å²) in [6.07, 6.45) is 1.68. The van der Waals surface area contributed by atoms with Crippen molar-refractivity contribution in [2.45, 2.75) is 20.4 Å². The van der Waals surface area contributed by atoms with E-state index in [4.69, 9.17) is 4.42 Å². The summed E-state index contributed by atoms with van der Waals surface area (Å²) >= 11 is 0. The quantitative estimate of drug-likeness (QED) is 0.907. The second kappa shape index (κ2) is 5.48. The molecule has 0 unspecified atom stereocenters. The van der Waals surface area contributed by atoms with Crippen LogP contribution in [-0.2, 0) is 6.54 Å². The molecule has 5 heteroatoms. The minimum Gasteiger partial charge on any atom is -0.456 e. The molecule has 0 atom stereocenters. The van der Waals surface area contributed by atoms with Crippen LogP contribution in [0.3, 0.4) is 0 Å². The van der Waals surface area contributed by atoms with Gasteiger partial charge < -0.3 is 9.73 Å². The first-order chi connectivity index (χ1) is 9.04. The van der Waals surface area contributed by atoms with Crippen molar-refractivity contribution in [3.8, 4) is 0 Å². The highest BCUT2D eigenvalue weighted by Crippen LogP contribution is 2.03. The van der Waals surface area contributed by atoms with Crippen molar-refractivity contribution in [3.63, 3.8) is 0 Å². The van der Waals surface area contributed by atoms with Crippen molar-refractivity contribution in [2.75, 3.05) is 0 Å². The molecule has 0 aliphatic heterocycles. The minimum absolute atomic E-state index is 0.0239. The monoisotopic (exact) mass is 258 g/mol. The van der Waals surface area contributed by atoms with E-state index in [1.807, 2.05) is 19.1 Å². The van der Waals surface area contributed by atoms with Crippen LogP contribution in [0.4, 0.5) is 0 Å². The topological polar surface area (TPSA) is 72.2 Å². The highest BCUT2D eigenvalue weighted by molar-refractivity contribution is 5.91. The van der Waals surface area contributed by atoms with Gasteiger partial charge in [-0.15, -0.1) is 0 Å². The van der Waals surface area contributed by atoms with Gasteiger partial charge in [0.2, 0.25) is 0 Å². The predicted octanol–water partition coefficient (Wildman–Crippen LogP) is 1.58. The maximum absolute atomic E-state index is 11.8. The Labute approximate surface area is 110 Å². The van der Waals surface area contributed by atoms with Gasteiger partial charge in [-0.05, 0) is 31.5 Å². The average Bonchev–Trinajstić information content (AvgIpc) is 2.35. The Hall–Kier alpha value is -2.43. The van der Waals surface area contributed by atoms with Gasteiger partial charge in [-0.25, -0.2) is 0 Å². The number of nitrogens with zero attached hydrogens (tertiary/aromatic N) is 1. The van der Waals surface area contributed by atoms with E-state index in [1.165, 1.54) is 12.1 Å². The summed E-state index contributed by atoms with van der Waals surface area (Å²) in [5, 5.41) is 2.70. The summed E-state index contributed by atoms with van der Waals surface area (Å²) < 4.78 is 5.21. The largest absolute Gasteiger partial charge is 0.456 e. The van der Waals surface area contributed by atoms with E-state index >= 15 is 0 Å². The van der Waals surface area contributed by atoms with E-state index in [0.717, 1.165) is 11.3 Å². The molecule has 0 fully saturated rings. The molecule has 0 saturated carbocycles. The fourth-order valence-electron chi connectivity index (χ4n) is 1.70. The first-order valence-electron chi connectivity index (χ1n) is 5.86. The van der Waals surface area contributed by atoms with Crippen LogP contribution in [0.5, 0.6) is 0 Å². The Kier molecular flexibility index (Phi) is 3.75. The summed E-state index contributed by atoms with van der Waals surface area (Å²) in [5.74, 6) is 0.0310. The molecule has 0 aromatic carbocycles. The van der Waals surface area contributed by atoms with E-state index in [-0.39, 0.29) is 11.2 Å². The lowest BCUT2D eigenvalue weighted by Crippen LogP contribution is -2.24. The van der Waals surface area contributed by atoms with Crippen molar-refractivity contribution in [3.05, 3.63) is 63.5 Å². The fraction of sp³-hybridized carbons (Fsp3) is 0.214. The maximum Gasteiger partial charge on any atom is 0.287 e. The zero-order valence-corrected chi connectivity index (χ0v) is 10.8. The zero-order valence-electron chi connectivity index (χ0n) is 10.8. The van der Waals surface area contributed by atoms with Crippen molar-refractivity contribution in [1.29, 1.82) is 0 Å². The number of rotatable bonds is 3. The number of carbonyl (C=O) groups is 1. The number of aromatic nitrogens is 1. The Morgan fingerprint density at radius 1 is 1.32 bits per heavy atom. The van der Waals surface area contributed by atoms with Crippen LogP contribution >= 0.6 is 0 Å². The van der Waals surface area contributed by atoms with E-state index in [1.54, 1.807) is 13.1 Å². The standard InChI is InChI=1S/C14H14N2O3/c1-9-5-11(3-4-15-9)8-16-14(18)13-7-12(17)6-10(2)19-13/h3-7H,8H2,1-2H3,(H,16,18). The number of nitrogens with one attached hydrogen (secondary N) is 1. The molecule has 0 aliphatic carbocycles. The van der Waals surface area contributed by atoms with E-state index in [9.17, 15) is 9.59 Å². The maximum atomic E-state index is 11.8. The number of aryl methyl sites for hydroxylation is 2. The van der Waals surface area contributed by atoms with Gasteiger partial charge in [0.1, 0.15) is 5.76 Å². The lowest BCUT2D eigenvalue weighted by molar-refractivity contribution is 0.0919. The van der Waals surface area contributed by atoms with Crippen molar-refractivity contribution in [2.24, 2.45) is 0 Å². The molecule has 1 amide bonds. The number of carbonyl (C=O) groups excluding carboxylic acids is 1. The molecule has 98 valence electrons. The van der Waals surface area contributed by atoms with Gasteiger partial charge in [-0.2, -0.15) is 0 Å². The van der Waals surface area contributed by atoms with Gasteiger partial charge >= 0.3 is 0 Å². The van der Waals surface area contributed by atoms with Gasteiger partial charge in [-0.1, -0.05) is 0 Å². The van der Waals surface area contributed by atoms with Crippen LogP contribution in [0.25, 0.3) is 0 Å². The van der Waals surface area contributed by atoms with Crippen LogP contribution in [0, 0.1) is 13.8 Å². The first-order valence-corrected chi connectivity index (χ1v) is 5.86. The van der Waals surface area contributed by atoms with E-state index in [0.29, 0.717) is 12.3 Å². The van der Waals surface area contributed by atoms with Crippen molar-refractivity contribution in [1.82, 2.24) is 10.3 Å². The molecule has 2 rings (SSSR count). The second-order valence-electron chi connectivity index (χ2n) is 4.26. The summed E-state index contributed by atoms with van der Waals surface area (Å²) in [4.78, 5) is 27.2. The second-order valence-corrected chi connectivity index (χ2v) is 4.26. The van der Waals surface area contributed by atoms with Gasteiger partial charge in [0, 0.05) is 30.6 Å². The SMILES string of the molecule is Cc1cc(CNC(=O)c2cc(=O)cc(C)o2)ccn1. The molecule has 0 radical (unpaired) electrons. The molecule has 0 saturated heterocycles. The Morgan fingerprint density at radius 3 is 2.79 bits per heavy atom. The molecular weight excluding hydrogens is 244 g/mol. The number of pyridine rings is 1. The summed E-state index contributed by atoms with van der Waals surface area (Å²) in [5.41, 5.74) is 1.58. The van der Waals surface area contributed by atoms with Gasteiger partial charge in [0.05, 0.1) is 0 Å². The Balaban J connectivity index is 2.07. The average molecular weight is 258 g/mol.